The summed E-state index contributed by atoms with van der Waals surface area (Å²) in [6, 6.07) is 27.1. The molecule has 28 heavy (non-hydrogen) atoms. The van der Waals surface area contributed by atoms with Crippen LogP contribution in [0.15, 0.2) is 84.9 Å². The van der Waals surface area contributed by atoms with E-state index in [0.717, 1.165) is 16.7 Å². The lowest BCUT2D eigenvalue weighted by Gasteiger charge is -2.30. The van der Waals surface area contributed by atoms with Crippen LogP contribution in [0.3, 0.4) is 0 Å². The molecule has 1 unspecified atom stereocenters. The van der Waals surface area contributed by atoms with Crippen molar-refractivity contribution in [3.63, 3.8) is 0 Å². The Morgan fingerprint density at radius 2 is 1.54 bits per heavy atom. The maximum absolute atomic E-state index is 13.2. The maximum Gasteiger partial charge on any atom is 0.232 e. The molecular weight excluding hydrogens is 370 g/mol. The molecular formula is C24H24ClNO2. The van der Waals surface area contributed by atoms with Gasteiger partial charge in [0.05, 0.1) is 12.5 Å². The third-order valence-corrected chi connectivity index (χ3v) is 5.25. The van der Waals surface area contributed by atoms with Gasteiger partial charge in [-0.25, -0.2) is 0 Å². The zero-order chi connectivity index (χ0) is 20.0. The summed E-state index contributed by atoms with van der Waals surface area (Å²) in [6.45, 7) is 2.28. The van der Waals surface area contributed by atoms with Crippen molar-refractivity contribution in [2.45, 2.75) is 18.4 Å². The molecule has 0 aromatic heterocycles. The quantitative estimate of drug-likeness (QED) is 0.602. The van der Waals surface area contributed by atoms with Gasteiger partial charge < -0.3 is 10.1 Å². The Morgan fingerprint density at radius 1 is 0.964 bits per heavy atom. The second-order valence-corrected chi connectivity index (χ2v) is 7.35. The second-order valence-electron chi connectivity index (χ2n) is 6.92. The Kier molecular flexibility index (Phi) is 6.50. The molecule has 3 aromatic carbocycles. The predicted octanol–water partition coefficient (Wildman–Crippen LogP) is 5.15. The van der Waals surface area contributed by atoms with Crippen LogP contribution < -0.4 is 5.32 Å². The Balaban J connectivity index is 1.84. The van der Waals surface area contributed by atoms with Gasteiger partial charge in [0.15, 0.2) is 0 Å². The highest BCUT2D eigenvalue weighted by molar-refractivity contribution is 6.30. The first-order valence-electron chi connectivity index (χ1n) is 9.22. The van der Waals surface area contributed by atoms with Gasteiger partial charge in [0.25, 0.3) is 0 Å². The number of hydrogen-bond donors (Lipinski definition) is 1. The molecule has 0 aliphatic heterocycles. The Morgan fingerprint density at radius 3 is 2.04 bits per heavy atom. The molecule has 1 amide bonds. The molecule has 0 spiro atoms. The summed E-state index contributed by atoms with van der Waals surface area (Å²) in [5, 5.41) is 3.72. The minimum absolute atomic E-state index is 0.0669. The molecule has 0 saturated carbocycles. The fourth-order valence-corrected chi connectivity index (χ4v) is 3.44. The van der Waals surface area contributed by atoms with E-state index in [4.69, 9.17) is 16.3 Å². The predicted molar refractivity (Wildman–Crippen MR) is 114 cm³/mol. The van der Waals surface area contributed by atoms with Crippen LogP contribution in [0.1, 0.15) is 29.5 Å². The standard InChI is InChI=1S/C24H24ClNO2/c1-24(28-2,20-14-9-15-21(25)16-20)17-26-23(27)22(18-10-5-3-6-11-18)19-12-7-4-8-13-19/h3-16,22H,17H2,1-2H3,(H,26,27). The van der Waals surface area contributed by atoms with Crippen LogP contribution in [0.5, 0.6) is 0 Å². The first-order chi connectivity index (χ1) is 13.5. The van der Waals surface area contributed by atoms with Gasteiger partial charge in [0.1, 0.15) is 5.60 Å². The third-order valence-electron chi connectivity index (χ3n) is 5.01. The highest BCUT2D eigenvalue weighted by atomic mass is 35.5. The van der Waals surface area contributed by atoms with E-state index in [1.807, 2.05) is 91.9 Å². The van der Waals surface area contributed by atoms with Gasteiger partial charge in [-0.3, -0.25) is 4.79 Å². The van der Waals surface area contributed by atoms with E-state index >= 15 is 0 Å². The van der Waals surface area contributed by atoms with Crippen LogP contribution in [-0.2, 0) is 15.1 Å². The fourth-order valence-electron chi connectivity index (χ4n) is 3.25. The lowest BCUT2D eigenvalue weighted by atomic mass is 9.89. The van der Waals surface area contributed by atoms with E-state index in [1.54, 1.807) is 7.11 Å². The van der Waals surface area contributed by atoms with E-state index < -0.39 is 5.60 Å². The van der Waals surface area contributed by atoms with Gasteiger partial charge in [0, 0.05) is 12.1 Å². The molecule has 0 heterocycles. The van der Waals surface area contributed by atoms with Gasteiger partial charge in [-0.2, -0.15) is 0 Å². The summed E-state index contributed by atoms with van der Waals surface area (Å²) in [6.07, 6.45) is 0. The molecule has 0 aliphatic rings. The number of ether oxygens (including phenoxy) is 1. The molecule has 4 heteroatoms. The maximum atomic E-state index is 13.2. The van der Waals surface area contributed by atoms with E-state index in [0.29, 0.717) is 11.6 Å². The molecule has 144 valence electrons. The lowest BCUT2D eigenvalue weighted by molar-refractivity contribution is -0.123. The molecule has 0 bridgehead atoms. The molecule has 0 aliphatic carbocycles. The summed E-state index contributed by atoms with van der Waals surface area (Å²) in [7, 11) is 1.64. The van der Waals surface area contributed by atoms with Crippen LogP contribution >= 0.6 is 11.6 Å². The van der Waals surface area contributed by atoms with Crippen molar-refractivity contribution in [3.8, 4) is 0 Å². The summed E-state index contributed by atoms with van der Waals surface area (Å²) in [5.41, 5.74) is 2.14. The largest absolute Gasteiger partial charge is 0.372 e. The average molecular weight is 394 g/mol. The third kappa shape index (κ3) is 4.61. The van der Waals surface area contributed by atoms with E-state index in [-0.39, 0.29) is 11.8 Å². The van der Waals surface area contributed by atoms with Crippen LogP contribution in [0.2, 0.25) is 5.02 Å². The number of rotatable bonds is 7. The molecule has 1 atom stereocenters. The van der Waals surface area contributed by atoms with Crippen molar-refractivity contribution in [3.05, 3.63) is 107 Å². The van der Waals surface area contributed by atoms with Crippen LogP contribution in [-0.4, -0.2) is 19.6 Å². The van der Waals surface area contributed by atoms with Crippen molar-refractivity contribution in [2.75, 3.05) is 13.7 Å². The van der Waals surface area contributed by atoms with Crippen molar-refractivity contribution in [1.29, 1.82) is 0 Å². The van der Waals surface area contributed by atoms with Gasteiger partial charge in [-0.15, -0.1) is 0 Å². The van der Waals surface area contributed by atoms with Crippen LogP contribution in [0.25, 0.3) is 0 Å². The van der Waals surface area contributed by atoms with E-state index in [9.17, 15) is 4.79 Å². The van der Waals surface area contributed by atoms with Crippen LogP contribution in [0.4, 0.5) is 0 Å². The molecule has 0 radical (unpaired) electrons. The van der Waals surface area contributed by atoms with Crippen molar-refractivity contribution < 1.29 is 9.53 Å². The zero-order valence-electron chi connectivity index (χ0n) is 16.1. The number of nitrogens with one attached hydrogen (secondary N) is 1. The average Bonchev–Trinajstić information content (AvgIpc) is 2.74. The Hall–Kier alpha value is -2.62. The number of methoxy groups -OCH3 is 1. The lowest BCUT2D eigenvalue weighted by Crippen LogP contribution is -2.42. The van der Waals surface area contributed by atoms with Gasteiger partial charge in [-0.1, -0.05) is 84.4 Å². The summed E-state index contributed by atoms with van der Waals surface area (Å²) >= 11 is 6.14. The zero-order valence-corrected chi connectivity index (χ0v) is 16.8. The molecule has 3 rings (SSSR count). The Bertz CT molecular complexity index is 875. The summed E-state index contributed by atoms with van der Waals surface area (Å²) in [4.78, 5) is 13.2. The van der Waals surface area contributed by atoms with E-state index in [1.165, 1.54) is 0 Å². The molecule has 0 fully saturated rings. The minimum Gasteiger partial charge on any atom is -0.372 e. The van der Waals surface area contributed by atoms with Crippen molar-refractivity contribution >= 4 is 17.5 Å². The highest BCUT2D eigenvalue weighted by Crippen LogP contribution is 2.28. The number of benzene rings is 3. The van der Waals surface area contributed by atoms with Crippen LogP contribution in [0, 0.1) is 0 Å². The molecule has 3 aromatic rings. The number of carbonyl (C=O) groups is 1. The monoisotopic (exact) mass is 393 g/mol. The topological polar surface area (TPSA) is 38.3 Å². The smallest absolute Gasteiger partial charge is 0.232 e. The second kappa shape index (κ2) is 9.05. The summed E-state index contributed by atoms with van der Waals surface area (Å²) in [5.74, 6) is -0.453. The Labute approximate surface area is 171 Å². The SMILES string of the molecule is COC(C)(CNC(=O)C(c1ccccc1)c1ccccc1)c1cccc(Cl)c1. The summed E-state index contributed by atoms with van der Waals surface area (Å²) < 4.78 is 5.75. The molecule has 1 N–H and O–H groups in total. The van der Waals surface area contributed by atoms with Gasteiger partial charge in [0.2, 0.25) is 5.91 Å². The van der Waals surface area contributed by atoms with Crippen molar-refractivity contribution in [2.24, 2.45) is 0 Å². The number of amides is 1. The fraction of sp³-hybridized carbons (Fsp3) is 0.208. The van der Waals surface area contributed by atoms with Gasteiger partial charge >= 0.3 is 0 Å². The molecule has 3 nitrogen and oxygen atoms in total. The number of hydrogen-bond acceptors (Lipinski definition) is 2. The van der Waals surface area contributed by atoms with E-state index in [2.05, 4.69) is 5.32 Å². The highest BCUT2D eigenvalue weighted by Gasteiger charge is 2.29. The first kappa shape index (κ1) is 20.1. The van der Waals surface area contributed by atoms with Crippen molar-refractivity contribution in [1.82, 2.24) is 5.32 Å². The molecule has 0 saturated heterocycles. The number of halogens is 1. The number of carbonyl (C=O) groups excluding carboxylic acids is 1. The first-order valence-corrected chi connectivity index (χ1v) is 9.60. The minimum atomic E-state index is -0.682. The van der Waals surface area contributed by atoms with Gasteiger partial charge in [-0.05, 0) is 35.7 Å². The normalized spacial score (nSPS) is 13.1.